The number of ether oxygens (including phenoxy) is 2. The van der Waals surface area contributed by atoms with Gasteiger partial charge in [-0.15, -0.1) is 0 Å². The smallest absolute Gasteiger partial charge is 0.462 e. The first-order chi connectivity index (χ1) is 26.5. The Labute approximate surface area is 339 Å². The molecule has 2 atom stereocenters. The Morgan fingerprint density at radius 1 is 0.564 bits per heavy atom. The number of phosphoric acid groups is 1. The summed E-state index contributed by atoms with van der Waals surface area (Å²) in [6, 6.07) is 0. The quantitative estimate of drug-likeness (QED) is 0.0214. The molecule has 1 N–H and O–H groups in total. The SMILES string of the molecule is CCCCC/C=C\C/C=C\CCCCCCCCCCCC(=O)OC[C@H](COP(=O)(O)OCC[N+](C)(C)C)OC(=O)CCCCCCCCCCCCCC. The fourth-order valence-electron chi connectivity index (χ4n) is 6.16. The summed E-state index contributed by atoms with van der Waals surface area (Å²) in [6.07, 6.45) is 40.7. The number of allylic oxidation sites excluding steroid dienone is 4. The van der Waals surface area contributed by atoms with Crippen molar-refractivity contribution in [1.82, 2.24) is 0 Å². The lowest BCUT2D eigenvalue weighted by Crippen LogP contribution is -2.37. The summed E-state index contributed by atoms with van der Waals surface area (Å²) in [5, 5.41) is 0. The Hall–Kier alpha value is -1.51. The van der Waals surface area contributed by atoms with Gasteiger partial charge in [-0.25, -0.2) is 4.57 Å². The van der Waals surface area contributed by atoms with Gasteiger partial charge in [-0.05, 0) is 44.9 Å². The highest BCUT2D eigenvalue weighted by Crippen LogP contribution is 2.43. The molecule has 55 heavy (non-hydrogen) atoms. The van der Waals surface area contributed by atoms with Crippen LogP contribution in [0.4, 0.5) is 0 Å². The summed E-state index contributed by atoms with van der Waals surface area (Å²) < 4.78 is 34.3. The van der Waals surface area contributed by atoms with Crippen molar-refractivity contribution in [2.45, 2.75) is 206 Å². The third kappa shape index (κ3) is 41.9. The van der Waals surface area contributed by atoms with E-state index in [2.05, 4.69) is 38.2 Å². The second-order valence-electron chi connectivity index (χ2n) is 16.4. The lowest BCUT2D eigenvalue weighted by atomic mass is 10.0. The molecular formula is C45H87NO8P+. The number of carbonyl (C=O) groups is 2. The number of unbranched alkanes of at least 4 members (excludes halogenated alkanes) is 23. The third-order valence-corrected chi connectivity index (χ3v) is 10.7. The zero-order chi connectivity index (χ0) is 40.7. The molecule has 0 aromatic carbocycles. The van der Waals surface area contributed by atoms with Gasteiger partial charge >= 0.3 is 19.8 Å². The van der Waals surface area contributed by atoms with Crippen LogP contribution in [0.1, 0.15) is 200 Å². The summed E-state index contributed by atoms with van der Waals surface area (Å²) in [4.78, 5) is 35.3. The van der Waals surface area contributed by atoms with E-state index in [9.17, 15) is 19.0 Å². The molecular weight excluding hydrogens is 713 g/mol. The second kappa shape index (κ2) is 38.0. The van der Waals surface area contributed by atoms with Crippen molar-refractivity contribution in [2.24, 2.45) is 0 Å². The number of hydrogen-bond acceptors (Lipinski definition) is 7. The van der Waals surface area contributed by atoms with Crippen molar-refractivity contribution in [1.29, 1.82) is 0 Å². The van der Waals surface area contributed by atoms with Gasteiger partial charge in [0.2, 0.25) is 0 Å². The van der Waals surface area contributed by atoms with Crippen molar-refractivity contribution >= 4 is 19.8 Å². The van der Waals surface area contributed by atoms with Gasteiger partial charge in [0.25, 0.3) is 0 Å². The van der Waals surface area contributed by atoms with Crippen LogP contribution in [-0.2, 0) is 32.7 Å². The molecule has 0 aromatic heterocycles. The molecule has 9 nitrogen and oxygen atoms in total. The van der Waals surface area contributed by atoms with E-state index < -0.39 is 26.5 Å². The number of carbonyl (C=O) groups excluding carboxylic acids is 2. The average Bonchev–Trinajstić information content (AvgIpc) is 3.13. The lowest BCUT2D eigenvalue weighted by Gasteiger charge is -2.24. The van der Waals surface area contributed by atoms with Gasteiger partial charge in [0, 0.05) is 12.8 Å². The predicted molar refractivity (Wildman–Crippen MR) is 229 cm³/mol. The van der Waals surface area contributed by atoms with E-state index in [0.717, 1.165) is 38.5 Å². The summed E-state index contributed by atoms with van der Waals surface area (Å²) in [7, 11) is 1.48. The molecule has 0 fully saturated rings. The van der Waals surface area contributed by atoms with Crippen LogP contribution < -0.4 is 0 Å². The van der Waals surface area contributed by atoms with E-state index in [4.69, 9.17) is 18.5 Å². The second-order valence-corrected chi connectivity index (χ2v) is 17.9. The highest BCUT2D eigenvalue weighted by Gasteiger charge is 2.27. The van der Waals surface area contributed by atoms with E-state index in [-0.39, 0.29) is 32.0 Å². The first-order valence-electron chi connectivity index (χ1n) is 22.6. The minimum absolute atomic E-state index is 0.0330. The van der Waals surface area contributed by atoms with E-state index in [1.807, 2.05) is 21.1 Å². The maximum absolute atomic E-state index is 12.7. The van der Waals surface area contributed by atoms with E-state index in [1.54, 1.807) is 0 Å². The normalized spacial score (nSPS) is 13.8. The van der Waals surface area contributed by atoms with Gasteiger partial charge in [-0.2, -0.15) is 0 Å². The van der Waals surface area contributed by atoms with Gasteiger partial charge in [0.05, 0.1) is 27.7 Å². The standard InChI is InChI=1S/C45H86NO8P/c1-6-8-10-12-14-16-18-20-21-22-23-24-25-26-28-29-31-33-35-37-44(47)51-41-43(42-53-55(49,50)52-40-39-46(3,4)5)54-45(48)38-36-34-32-30-27-19-17-15-13-11-9-7-2/h14,16,20-21,43H,6-13,15,17-19,22-42H2,1-5H3/p+1/b16-14-,21-20-/t43-/m1/s1. The van der Waals surface area contributed by atoms with Gasteiger partial charge in [0.1, 0.15) is 19.8 Å². The lowest BCUT2D eigenvalue weighted by molar-refractivity contribution is -0.870. The molecule has 0 aliphatic carbocycles. The van der Waals surface area contributed by atoms with Gasteiger partial charge in [-0.1, -0.05) is 167 Å². The van der Waals surface area contributed by atoms with Gasteiger partial charge < -0.3 is 18.9 Å². The van der Waals surface area contributed by atoms with Crippen LogP contribution in [0.2, 0.25) is 0 Å². The zero-order valence-corrected chi connectivity index (χ0v) is 37.3. The molecule has 0 aliphatic rings. The Kier molecular flexibility index (Phi) is 37.0. The van der Waals surface area contributed by atoms with Crippen LogP contribution in [0.15, 0.2) is 24.3 Å². The highest BCUT2D eigenvalue weighted by molar-refractivity contribution is 7.47. The van der Waals surface area contributed by atoms with Gasteiger partial charge in [-0.3, -0.25) is 18.6 Å². The molecule has 0 saturated heterocycles. The van der Waals surface area contributed by atoms with Crippen LogP contribution in [-0.4, -0.2) is 74.9 Å². The third-order valence-electron chi connectivity index (χ3n) is 9.73. The van der Waals surface area contributed by atoms with E-state index in [0.29, 0.717) is 17.4 Å². The molecule has 0 saturated carbocycles. The Morgan fingerprint density at radius 3 is 1.47 bits per heavy atom. The number of hydrogen-bond donors (Lipinski definition) is 1. The minimum Gasteiger partial charge on any atom is -0.462 e. The maximum Gasteiger partial charge on any atom is 0.472 e. The fraction of sp³-hybridized carbons (Fsp3) is 0.867. The van der Waals surface area contributed by atoms with Crippen LogP contribution in [0, 0.1) is 0 Å². The number of nitrogens with zero attached hydrogens (tertiary/aromatic N) is 1. The van der Waals surface area contributed by atoms with Crippen molar-refractivity contribution in [3.05, 3.63) is 24.3 Å². The largest absolute Gasteiger partial charge is 0.472 e. The first-order valence-corrected chi connectivity index (χ1v) is 24.1. The number of rotatable bonds is 41. The molecule has 0 amide bonds. The first kappa shape index (κ1) is 53.5. The summed E-state index contributed by atoms with van der Waals surface area (Å²) >= 11 is 0. The molecule has 0 heterocycles. The molecule has 0 spiro atoms. The van der Waals surface area contributed by atoms with Gasteiger partial charge in [0.15, 0.2) is 6.10 Å². The molecule has 324 valence electrons. The zero-order valence-electron chi connectivity index (χ0n) is 36.4. The summed E-state index contributed by atoms with van der Waals surface area (Å²) in [5.41, 5.74) is 0. The average molecular weight is 801 g/mol. The summed E-state index contributed by atoms with van der Waals surface area (Å²) in [6.45, 7) is 4.40. The molecule has 10 heteroatoms. The molecule has 0 aliphatic heterocycles. The van der Waals surface area contributed by atoms with Crippen molar-refractivity contribution in [3.8, 4) is 0 Å². The van der Waals surface area contributed by atoms with Crippen molar-refractivity contribution in [2.75, 3.05) is 47.5 Å². The number of quaternary nitrogens is 1. The number of likely N-dealkylation sites (N-methyl/N-ethyl adjacent to an activating group) is 1. The van der Waals surface area contributed by atoms with Crippen molar-refractivity contribution < 1.29 is 42.1 Å². The molecule has 0 aromatic rings. The van der Waals surface area contributed by atoms with Crippen LogP contribution in [0.25, 0.3) is 0 Å². The Bertz CT molecular complexity index is 996. The van der Waals surface area contributed by atoms with E-state index >= 15 is 0 Å². The van der Waals surface area contributed by atoms with Crippen LogP contribution in [0.3, 0.4) is 0 Å². The monoisotopic (exact) mass is 801 g/mol. The van der Waals surface area contributed by atoms with E-state index in [1.165, 1.54) is 128 Å². The number of esters is 2. The maximum atomic E-state index is 12.7. The molecule has 0 rings (SSSR count). The number of phosphoric ester groups is 1. The molecule has 1 unspecified atom stereocenters. The molecule has 0 bridgehead atoms. The minimum atomic E-state index is -4.37. The van der Waals surface area contributed by atoms with Crippen LogP contribution >= 0.6 is 7.82 Å². The van der Waals surface area contributed by atoms with Crippen molar-refractivity contribution in [3.63, 3.8) is 0 Å². The molecule has 0 radical (unpaired) electrons. The summed E-state index contributed by atoms with van der Waals surface area (Å²) in [5.74, 6) is -0.797. The topological polar surface area (TPSA) is 108 Å². The van der Waals surface area contributed by atoms with Crippen LogP contribution in [0.5, 0.6) is 0 Å². The predicted octanol–water partition coefficient (Wildman–Crippen LogP) is 12.7. The Balaban J connectivity index is 4.29. The fourth-order valence-corrected chi connectivity index (χ4v) is 6.90. The highest BCUT2D eigenvalue weighted by atomic mass is 31.2. The Morgan fingerprint density at radius 2 is 0.982 bits per heavy atom.